The minimum atomic E-state index is -4.52. The van der Waals surface area contributed by atoms with Gasteiger partial charge in [-0.1, -0.05) is 30.3 Å². The summed E-state index contributed by atoms with van der Waals surface area (Å²) in [5, 5.41) is 0. The predicted octanol–water partition coefficient (Wildman–Crippen LogP) is 3.97. The van der Waals surface area contributed by atoms with E-state index in [4.69, 9.17) is 5.73 Å². The van der Waals surface area contributed by atoms with Crippen LogP contribution in [0.1, 0.15) is 53.1 Å². The number of nitrogens with zero attached hydrogens (tertiary/aromatic N) is 1. The Morgan fingerprint density at radius 1 is 1.17 bits per heavy atom. The summed E-state index contributed by atoms with van der Waals surface area (Å²) in [6.07, 6.45) is -7.62. The molecular formula is C20H21F4N3O2. The van der Waals surface area contributed by atoms with E-state index in [9.17, 15) is 22.4 Å². The van der Waals surface area contributed by atoms with Crippen molar-refractivity contribution in [1.82, 2.24) is 10.4 Å². The van der Waals surface area contributed by atoms with Crippen molar-refractivity contribution >= 4 is 5.91 Å². The molecule has 9 heteroatoms. The first-order valence-electron chi connectivity index (χ1n) is 9.01. The highest BCUT2D eigenvalue weighted by molar-refractivity contribution is 5.98. The van der Waals surface area contributed by atoms with Gasteiger partial charge in [-0.2, -0.15) is 18.7 Å². The summed E-state index contributed by atoms with van der Waals surface area (Å²) < 4.78 is 51.7. The summed E-state index contributed by atoms with van der Waals surface area (Å²) in [6, 6.07) is 10.6. The topological polar surface area (TPSA) is 67.6 Å². The molecule has 0 aliphatic carbocycles. The smallest absolute Gasteiger partial charge is 0.327 e. The van der Waals surface area contributed by atoms with Crippen LogP contribution in [0.3, 0.4) is 0 Å². The van der Waals surface area contributed by atoms with Gasteiger partial charge in [-0.05, 0) is 37.1 Å². The number of carbonyl (C=O) groups is 1. The number of halogens is 4. The number of carbonyl (C=O) groups excluding carboxylic acids is 1. The van der Waals surface area contributed by atoms with E-state index in [0.717, 1.165) is 12.5 Å². The summed E-state index contributed by atoms with van der Waals surface area (Å²) >= 11 is 0. The average Bonchev–Trinajstić information content (AvgIpc) is 3.01. The molecule has 3 N–H and O–H groups in total. The fourth-order valence-electron chi connectivity index (χ4n) is 3.14. The average molecular weight is 411 g/mol. The zero-order valence-electron chi connectivity index (χ0n) is 15.8. The van der Waals surface area contributed by atoms with Crippen LogP contribution >= 0.6 is 0 Å². The first-order chi connectivity index (χ1) is 13.6. The van der Waals surface area contributed by atoms with Gasteiger partial charge in [0.15, 0.2) is 6.10 Å². The molecule has 0 saturated heterocycles. The highest BCUT2D eigenvalue weighted by Gasteiger charge is 2.38. The van der Waals surface area contributed by atoms with E-state index in [1.165, 1.54) is 17.0 Å². The number of benzene rings is 2. The Labute approximate surface area is 165 Å². The zero-order valence-corrected chi connectivity index (χ0v) is 15.8. The fraction of sp³-hybridized carbons (Fsp3) is 0.350. The van der Waals surface area contributed by atoms with Gasteiger partial charge in [0, 0.05) is 17.7 Å². The molecule has 2 aromatic rings. The fourth-order valence-corrected chi connectivity index (χ4v) is 3.14. The highest BCUT2D eigenvalue weighted by Crippen LogP contribution is 2.33. The minimum absolute atomic E-state index is 0.297. The lowest BCUT2D eigenvalue weighted by Gasteiger charge is -2.25. The Bertz CT molecular complexity index is 904. The zero-order chi connectivity index (χ0) is 21.3. The van der Waals surface area contributed by atoms with Crippen LogP contribution in [0.4, 0.5) is 17.6 Å². The lowest BCUT2D eigenvalue weighted by molar-refractivity contribution is -0.235. The molecule has 0 aromatic heterocycles. The van der Waals surface area contributed by atoms with Crippen molar-refractivity contribution in [3.8, 4) is 0 Å². The third kappa shape index (κ3) is 4.42. The van der Waals surface area contributed by atoms with Crippen LogP contribution in [0.15, 0.2) is 42.5 Å². The Balaban J connectivity index is 1.74. The number of nitrogens with two attached hydrogens (primary N) is 1. The minimum Gasteiger partial charge on any atom is -0.327 e. The second-order valence-electron chi connectivity index (χ2n) is 6.94. The van der Waals surface area contributed by atoms with Gasteiger partial charge in [-0.25, -0.2) is 4.39 Å². The molecule has 0 radical (unpaired) electrons. The van der Waals surface area contributed by atoms with Gasteiger partial charge < -0.3 is 10.6 Å². The van der Waals surface area contributed by atoms with Crippen LogP contribution in [0.2, 0.25) is 0 Å². The first kappa shape index (κ1) is 21.2. The third-order valence-electron chi connectivity index (χ3n) is 4.98. The summed E-state index contributed by atoms with van der Waals surface area (Å²) in [4.78, 5) is 19.0. The highest BCUT2D eigenvalue weighted by atomic mass is 19.4. The SMILES string of the molecule is CC(ONC(N)c1ccc2c(c1)C(=O)N([C@@H](C)c1ccccc1F)C2)C(F)(F)F. The van der Waals surface area contributed by atoms with E-state index < -0.39 is 30.3 Å². The van der Waals surface area contributed by atoms with Gasteiger partial charge in [-0.15, -0.1) is 0 Å². The van der Waals surface area contributed by atoms with E-state index in [1.54, 1.807) is 37.3 Å². The van der Waals surface area contributed by atoms with Crippen molar-refractivity contribution in [1.29, 1.82) is 0 Å². The van der Waals surface area contributed by atoms with Crippen LogP contribution in [0.5, 0.6) is 0 Å². The number of hydroxylamine groups is 1. The van der Waals surface area contributed by atoms with Crippen molar-refractivity contribution < 1.29 is 27.2 Å². The second kappa shape index (κ2) is 8.10. The van der Waals surface area contributed by atoms with Crippen molar-refractivity contribution in [2.75, 3.05) is 0 Å². The molecule has 0 saturated carbocycles. The van der Waals surface area contributed by atoms with E-state index in [0.29, 0.717) is 23.2 Å². The number of rotatable bonds is 6. The maximum absolute atomic E-state index is 14.1. The van der Waals surface area contributed by atoms with E-state index in [-0.39, 0.29) is 5.91 Å². The molecule has 1 amide bonds. The Kier molecular flexibility index (Phi) is 5.92. The normalized spacial score (nSPS) is 17.2. The molecule has 3 atom stereocenters. The standard InChI is InChI=1S/C20H21F4N3O2/c1-11(15-5-3-4-6-17(15)21)27-10-14-8-7-13(9-16(14)19(27)28)18(25)26-29-12(2)20(22,23)24/h3-9,11-12,18,26H,10,25H2,1-2H3/t11-,12?,18?/m0/s1. The van der Waals surface area contributed by atoms with Gasteiger partial charge in [0.25, 0.3) is 5.91 Å². The molecule has 1 heterocycles. The van der Waals surface area contributed by atoms with Gasteiger partial charge in [0.05, 0.1) is 6.04 Å². The van der Waals surface area contributed by atoms with E-state index in [2.05, 4.69) is 10.3 Å². The summed E-state index contributed by atoms with van der Waals surface area (Å²) in [5.74, 6) is -0.694. The molecule has 0 bridgehead atoms. The van der Waals surface area contributed by atoms with Crippen LogP contribution in [0, 0.1) is 5.82 Å². The maximum Gasteiger partial charge on any atom is 0.416 e. The van der Waals surface area contributed by atoms with Gasteiger partial charge in [0.1, 0.15) is 12.0 Å². The number of hydrogen-bond acceptors (Lipinski definition) is 4. The molecule has 0 spiro atoms. The molecule has 2 aromatic carbocycles. The predicted molar refractivity (Wildman–Crippen MR) is 97.8 cm³/mol. The number of hydrogen-bond donors (Lipinski definition) is 2. The molecule has 2 unspecified atom stereocenters. The van der Waals surface area contributed by atoms with Gasteiger partial charge >= 0.3 is 6.18 Å². The lowest BCUT2D eigenvalue weighted by Crippen LogP contribution is -2.38. The molecule has 156 valence electrons. The Hall–Kier alpha value is -2.49. The molecule has 29 heavy (non-hydrogen) atoms. The van der Waals surface area contributed by atoms with Crippen molar-refractivity contribution in [2.24, 2.45) is 5.73 Å². The number of alkyl halides is 3. The molecule has 1 aliphatic heterocycles. The monoisotopic (exact) mass is 411 g/mol. The van der Waals surface area contributed by atoms with Crippen LogP contribution in [-0.4, -0.2) is 23.1 Å². The van der Waals surface area contributed by atoms with Crippen LogP contribution in [-0.2, 0) is 11.4 Å². The number of nitrogens with one attached hydrogen (secondary N) is 1. The number of amides is 1. The largest absolute Gasteiger partial charge is 0.416 e. The van der Waals surface area contributed by atoms with Crippen molar-refractivity contribution in [2.45, 2.75) is 44.9 Å². The van der Waals surface area contributed by atoms with Gasteiger partial charge in [-0.3, -0.25) is 9.63 Å². The van der Waals surface area contributed by atoms with Crippen LogP contribution in [0.25, 0.3) is 0 Å². The lowest BCUT2D eigenvalue weighted by atomic mass is 10.0. The maximum atomic E-state index is 14.1. The van der Waals surface area contributed by atoms with Crippen LogP contribution < -0.4 is 11.2 Å². The Morgan fingerprint density at radius 2 is 1.86 bits per heavy atom. The van der Waals surface area contributed by atoms with E-state index >= 15 is 0 Å². The molecule has 3 rings (SSSR count). The summed E-state index contributed by atoms with van der Waals surface area (Å²) in [6.45, 7) is 2.89. The molecular weight excluding hydrogens is 390 g/mol. The molecule has 0 fully saturated rings. The quantitative estimate of drug-likeness (QED) is 0.429. The molecule has 1 aliphatic rings. The third-order valence-corrected chi connectivity index (χ3v) is 4.98. The van der Waals surface area contributed by atoms with Crippen molar-refractivity contribution in [3.05, 3.63) is 70.5 Å². The summed E-state index contributed by atoms with van der Waals surface area (Å²) in [5.41, 5.74) is 9.93. The van der Waals surface area contributed by atoms with Crippen molar-refractivity contribution in [3.63, 3.8) is 0 Å². The molecule has 5 nitrogen and oxygen atoms in total. The number of fused-ring (bicyclic) bond motifs is 1. The first-order valence-corrected chi connectivity index (χ1v) is 9.01. The van der Waals surface area contributed by atoms with E-state index in [1.807, 2.05) is 0 Å². The Morgan fingerprint density at radius 3 is 2.52 bits per heavy atom. The second-order valence-corrected chi connectivity index (χ2v) is 6.94. The summed E-state index contributed by atoms with van der Waals surface area (Å²) in [7, 11) is 0. The van der Waals surface area contributed by atoms with Gasteiger partial charge in [0.2, 0.25) is 0 Å².